The molecule has 0 aromatic heterocycles. The first-order chi connectivity index (χ1) is 18.2. The average molecular weight is 522 g/mol. The maximum absolute atomic E-state index is 13.8. The number of amides is 3. The number of hydrogen-bond donors (Lipinski definition) is 3. The molecule has 3 amide bonds. The Bertz CT molecular complexity index is 1290. The molecule has 2 atom stereocenters. The summed E-state index contributed by atoms with van der Waals surface area (Å²) in [4.78, 5) is 39.0. The smallest absolute Gasteiger partial charge is 0.262 e. The minimum absolute atomic E-state index is 0.0727. The molecule has 0 saturated carbocycles. The first kappa shape index (κ1) is 27.1. The third-order valence-electron chi connectivity index (χ3n) is 6.45. The first-order valence-electron chi connectivity index (χ1n) is 12.4. The minimum Gasteiger partial charge on any atom is -0.390 e. The van der Waals surface area contributed by atoms with Crippen molar-refractivity contribution in [2.75, 3.05) is 13.1 Å². The second-order valence-corrected chi connectivity index (χ2v) is 9.27. The molecule has 3 aromatic carbocycles. The number of carbonyl (C=O) groups is 3. The summed E-state index contributed by atoms with van der Waals surface area (Å²) >= 11 is 0. The van der Waals surface area contributed by atoms with Crippen LogP contribution in [0.1, 0.15) is 44.3 Å². The molecule has 0 saturated heterocycles. The van der Waals surface area contributed by atoms with E-state index in [2.05, 4.69) is 23.6 Å². The largest absolute Gasteiger partial charge is 0.390 e. The molecule has 0 spiro atoms. The number of aliphatic hydroxyl groups is 1. The number of nitrogens with zero attached hydrogens (tertiary/aromatic N) is 1. The number of fused-ring (bicyclic) bond motifs is 1. The summed E-state index contributed by atoms with van der Waals surface area (Å²) in [6.45, 7) is 2.05. The van der Waals surface area contributed by atoms with E-state index in [4.69, 9.17) is 0 Å². The molecular weight excluding hydrogens is 492 g/mol. The van der Waals surface area contributed by atoms with Crippen molar-refractivity contribution in [3.8, 4) is 0 Å². The summed E-state index contributed by atoms with van der Waals surface area (Å²) in [5, 5.41) is 16.7. The zero-order valence-corrected chi connectivity index (χ0v) is 20.9. The van der Waals surface area contributed by atoms with Gasteiger partial charge in [0.25, 0.3) is 11.8 Å². The molecule has 0 bridgehead atoms. The van der Waals surface area contributed by atoms with Crippen LogP contribution in [0, 0.1) is 11.6 Å². The number of benzene rings is 3. The SMILES string of the molecule is CCc1cccc(CNC[C@H](O)[C@H](Cc2cc(F)cc(F)c2)NC(=O)CN2C(=O)c3ccccc3C2=O)c1. The van der Waals surface area contributed by atoms with Gasteiger partial charge in [0.2, 0.25) is 5.91 Å². The van der Waals surface area contributed by atoms with E-state index in [0.717, 1.165) is 35.1 Å². The van der Waals surface area contributed by atoms with E-state index in [9.17, 15) is 28.3 Å². The van der Waals surface area contributed by atoms with E-state index in [0.29, 0.717) is 6.54 Å². The Balaban J connectivity index is 1.44. The molecule has 0 unspecified atom stereocenters. The van der Waals surface area contributed by atoms with E-state index >= 15 is 0 Å². The van der Waals surface area contributed by atoms with E-state index in [1.54, 1.807) is 12.1 Å². The normalized spacial score (nSPS) is 14.4. The maximum atomic E-state index is 13.8. The van der Waals surface area contributed by atoms with Gasteiger partial charge in [-0.05, 0) is 53.8 Å². The van der Waals surface area contributed by atoms with Gasteiger partial charge in [-0.15, -0.1) is 0 Å². The van der Waals surface area contributed by atoms with Crippen LogP contribution in [0.4, 0.5) is 8.78 Å². The zero-order chi connectivity index (χ0) is 27.2. The predicted molar refractivity (Wildman–Crippen MR) is 137 cm³/mol. The minimum atomic E-state index is -1.14. The highest BCUT2D eigenvalue weighted by Crippen LogP contribution is 2.22. The van der Waals surface area contributed by atoms with E-state index in [1.807, 2.05) is 18.2 Å². The van der Waals surface area contributed by atoms with Crippen LogP contribution in [0.15, 0.2) is 66.7 Å². The molecule has 1 heterocycles. The molecule has 3 aromatic rings. The number of halogens is 2. The number of aryl methyl sites for hydroxylation is 1. The van der Waals surface area contributed by atoms with Crippen molar-refractivity contribution in [3.05, 3.63) is 106 Å². The summed E-state index contributed by atoms with van der Waals surface area (Å²) in [6, 6.07) is 16.3. The van der Waals surface area contributed by atoms with Crippen LogP contribution < -0.4 is 10.6 Å². The Morgan fingerprint density at radius 1 is 0.895 bits per heavy atom. The number of rotatable bonds is 11. The summed E-state index contributed by atoms with van der Waals surface area (Å²) in [7, 11) is 0. The van der Waals surface area contributed by atoms with Crippen LogP contribution in [-0.4, -0.2) is 53.0 Å². The number of carbonyl (C=O) groups excluding carboxylic acids is 3. The van der Waals surface area contributed by atoms with Gasteiger partial charge < -0.3 is 15.7 Å². The monoisotopic (exact) mass is 521 g/mol. The molecule has 1 aliphatic heterocycles. The lowest BCUT2D eigenvalue weighted by Gasteiger charge is -2.26. The molecule has 0 fully saturated rings. The highest BCUT2D eigenvalue weighted by molar-refractivity contribution is 6.22. The quantitative estimate of drug-likeness (QED) is 0.337. The average Bonchev–Trinajstić information content (AvgIpc) is 3.12. The molecular formula is C29H29F2N3O4. The molecule has 9 heteroatoms. The Labute approximate surface area is 219 Å². The van der Waals surface area contributed by atoms with Gasteiger partial charge in [-0.3, -0.25) is 19.3 Å². The molecule has 198 valence electrons. The molecule has 0 aliphatic carbocycles. The van der Waals surface area contributed by atoms with Gasteiger partial charge >= 0.3 is 0 Å². The van der Waals surface area contributed by atoms with Crippen molar-refractivity contribution in [2.45, 2.75) is 38.5 Å². The van der Waals surface area contributed by atoms with Gasteiger partial charge in [0.1, 0.15) is 18.2 Å². The third kappa shape index (κ3) is 6.48. The predicted octanol–water partition coefficient (Wildman–Crippen LogP) is 3.00. The van der Waals surface area contributed by atoms with Gasteiger partial charge in [-0.1, -0.05) is 43.3 Å². The summed E-state index contributed by atoms with van der Waals surface area (Å²) in [6.07, 6.45) is -0.319. The summed E-state index contributed by atoms with van der Waals surface area (Å²) < 4.78 is 27.6. The number of aliphatic hydroxyl groups excluding tert-OH is 1. The van der Waals surface area contributed by atoms with Crippen LogP contribution in [0.25, 0.3) is 0 Å². The Morgan fingerprint density at radius 2 is 1.53 bits per heavy atom. The fourth-order valence-corrected chi connectivity index (χ4v) is 4.51. The maximum Gasteiger partial charge on any atom is 0.262 e. The van der Waals surface area contributed by atoms with Crippen LogP contribution in [0.2, 0.25) is 0 Å². The van der Waals surface area contributed by atoms with Crippen LogP contribution in [0.5, 0.6) is 0 Å². The van der Waals surface area contributed by atoms with Gasteiger partial charge in [0, 0.05) is 19.2 Å². The van der Waals surface area contributed by atoms with Crippen molar-refractivity contribution < 1.29 is 28.3 Å². The highest BCUT2D eigenvalue weighted by Gasteiger charge is 2.36. The third-order valence-corrected chi connectivity index (χ3v) is 6.45. The lowest BCUT2D eigenvalue weighted by Crippen LogP contribution is -2.51. The number of nitrogens with one attached hydrogen (secondary N) is 2. The lowest BCUT2D eigenvalue weighted by molar-refractivity contribution is -0.123. The Kier molecular flexibility index (Phi) is 8.60. The van der Waals surface area contributed by atoms with Crippen LogP contribution >= 0.6 is 0 Å². The molecule has 7 nitrogen and oxygen atoms in total. The van der Waals surface area contributed by atoms with Crippen molar-refractivity contribution in [1.29, 1.82) is 0 Å². The Morgan fingerprint density at radius 3 is 2.16 bits per heavy atom. The van der Waals surface area contributed by atoms with E-state index in [1.165, 1.54) is 17.7 Å². The lowest BCUT2D eigenvalue weighted by atomic mass is 10.0. The standard InChI is InChI=1S/C29H29F2N3O4/c1-2-18-6-5-7-19(10-18)15-32-16-26(35)25(13-20-11-21(30)14-22(31)12-20)33-27(36)17-34-28(37)23-8-3-4-9-24(23)29(34)38/h3-12,14,25-26,32,35H,2,13,15-17H2,1H3,(H,33,36)/t25-,26-/m0/s1. The topological polar surface area (TPSA) is 98.7 Å². The van der Waals surface area contributed by atoms with Crippen LogP contribution in [0.3, 0.4) is 0 Å². The van der Waals surface area contributed by atoms with Gasteiger partial charge in [0.05, 0.1) is 23.3 Å². The number of hydrogen-bond acceptors (Lipinski definition) is 5. The highest BCUT2D eigenvalue weighted by atomic mass is 19.1. The molecule has 38 heavy (non-hydrogen) atoms. The van der Waals surface area contributed by atoms with Crippen LogP contribution in [-0.2, 0) is 24.2 Å². The summed E-state index contributed by atoms with van der Waals surface area (Å²) in [5.74, 6) is -3.41. The van der Waals surface area contributed by atoms with E-state index < -0.39 is 48.0 Å². The second kappa shape index (κ2) is 12.1. The molecule has 4 rings (SSSR count). The zero-order valence-electron chi connectivity index (χ0n) is 20.9. The second-order valence-electron chi connectivity index (χ2n) is 9.27. The van der Waals surface area contributed by atoms with Gasteiger partial charge in [0.15, 0.2) is 0 Å². The van der Waals surface area contributed by atoms with Gasteiger partial charge in [-0.2, -0.15) is 0 Å². The Hall–Kier alpha value is -3.95. The molecule has 3 N–H and O–H groups in total. The van der Waals surface area contributed by atoms with Crippen molar-refractivity contribution in [2.24, 2.45) is 0 Å². The van der Waals surface area contributed by atoms with Crippen molar-refractivity contribution in [1.82, 2.24) is 15.5 Å². The number of imide groups is 1. The summed E-state index contributed by atoms with van der Waals surface area (Å²) in [5.41, 5.74) is 2.87. The van der Waals surface area contributed by atoms with Gasteiger partial charge in [-0.25, -0.2) is 8.78 Å². The molecule has 0 radical (unpaired) electrons. The van der Waals surface area contributed by atoms with Crippen molar-refractivity contribution in [3.63, 3.8) is 0 Å². The van der Waals surface area contributed by atoms with Crippen molar-refractivity contribution >= 4 is 17.7 Å². The molecule has 1 aliphatic rings. The van der Waals surface area contributed by atoms with E-state index in [-0.39, 0.29) is 29.7 Å². The fourth-order valence-electron chi connectivity index (χ4n) is 4.51. The first-order valence-corrected chi connectivity index (χ1v) is 12.4. The fraction of sp³-hybridized carbons (Fsp3) is 0.276.